The molecular weight excluding hydrogens is 322 g/mol. The molecule has 1 fully saturated rings. The first-order chi connectivity index (χ1) is 12.0. The number of amides is 1. The van der Waals surface area contributed by atoms with Crippen LogP contribution in [0.15, 0.2) is 36.5 Å². The average molecular weight is 341 g/mol. The van der Waals surface area contributed by atoms with Crippen molar-refractivity contribution in [1.29, 1.82) is 0 Å². The highest BCUT2D eigenvalue weighted by Gasteiger charge is 2.20. The van der Waals surface area contributed by atoms with E-state index in [2.05, 4.69) is 14.8 Å². The number of carbonyl (C=O) groups is 1. The molecular formula is C17H19N5O3. The fourth-order valence-corrected chi connectivity index (χ4v) is 2.93. The van der Waals surface area contributed by atoms with Crippen LogP contribution < -0.4 is 15.5 Å². The fourth-order valence-electron chi connectivity index (χ4n) is 2.93. The van der Waals surface area contributed by atoms with E-state index in [9.17, 15) is 14.9 Å². The minimum Gasteiger partial charge on any atom is -0.368 e. The lowest BCUT2D eigenvalue weighted by atomic mass is 10.1. The molecule has 1 aliphatic rings. The highest BCUT2D eigenvalue weighted by Crippen LogP contribution is 2.23. The number of benzene rings is 1. The zero-order valence-electron chi connectivity index (χ0n) is 13.9. The number of nitrogens with zero attached hydrogens (tertiary/aromatic N) is 4. The summed E-state index contributed by atoms with van der Waals surface area (Å²) in [5.74, 6) is 0.322. The van der Waals surface area contributed by atoms with Crippen LogP contribution in [-0.2, 0) is 0 Å². The maximum Gasteiger partial charge on any atom is 0.290 e. The second kappa shape index (κ2) is 6.76. The zero-order valence-corrected chi connectivity index (χ0v) is 13.9. The van der Waals surface area contributed by atoms with Crippen molar-refractivity contribution in [2.75, 3.05) is 36.0 Å². The summed E-state index contributed by atoms with van der Waals surface area (Å²) in [6, 6.07) is 9.00. The monoisotopic (exact) mass is 341 g/mol. The Balaban J connectivity index is 1.66. The van der Waals surface area contributed by atoms with Crippen LogP contribution in [0.2, 0.25) is 0 Å². The van der Waals surface area contributed by atoms with Crippen molar-refractivity contribution in [1.82, 2.24) is 4.98 Å². The molecule has 1 aromatic carbocycles. The third-order valence-electron chi connectivity index (χ3n) is 4.39. The van der Waals surface area contributed by atoms with Gasteiger partial charge in [0.05, 0.1) is 4.92 Å². The Hall–Kier alpha value is -3.16. The molecule has 8 nitrogen and oxygen atoms in total. The molecule has 25 heavy (non-hydrogen) atoms. The standard InChI is InChI=1S/C17H19N5O3/c1-12-10-16(19-11-15(12)22(24)25)21-8-6-20(7-9-21)14-4-2-13(3-5-14)17(18)23/h2-5,10-11H,6-9H2,1H3,(H2,18,23). The summed E-state index contributed by atoms with van der Waals surface area (Å²) in [5, 5.41) is 10.9. The van der Waals surface area contributed by atoms with Crippen LogP contribution in [0.25, 0.3) is 0 Å². The summed E-state index contributed by atoms with van der Waals surface area (Å²) in [6.45, 7) is 4.85. The van der Waals surface area contributed by atoms with Crippen LogP contribution >= 0.6 is 0 Å². The molecule has 2 aromatic rings. The van der Waals surface area contributed by atoms with Crippen LogP contribution in [0.4, 0.5) is 17.2 Å². The molecule has 0 bridgehead atoms. The van der Waals surface area contributed by atoms with E-state index in [-0.39, 0.29) is 5.69 Å². The van der Waals surface area contributed by atoms with E-state index >= 15 is 0 Å². The van der Waals surface area contributed by atoms with Crippen molar-refractivity contribution in [3.63, 3.8) is 0 Å². The summed E-state index contributed by atoms with van der Waals surface area (Å²) < 4.78 is 0. The topological polar surface area (TPSA) is 106 Å². The normalized spacial score (nSPS) is 14.4. The highest BCUT2D eigenvalue weighted by atomic mass is 16.6. The number of nitro groups is 1. The number of primary amides is 1. The molecule has 1 saturated heterocycles. The van der Waals surface area contributed by atoms with Gasteiger partial charge in [-0.25, -0.2) is 4.98 Å². The van der Waals surface area contributed by atoms with Gasteiger partial charge in [0.2, 0.25) is 5.91 Å². The van der Waals surface area contributed by atoms with E-state index in [0.717, 1.165) is 37.7 Å². The molecule has 130 valence electrons. The van der Waals surface area contributed by atoms with Crippen molar-refractivity contribution in [2.24, 2.45) is 5.73 Å². The number of hydrogen-bond acceptors (Lipinski definition) is 6. The molecule has 2 N–H and O–H groups in total. The summed E-state index contributed by atoms with van der Waals surface area (Å²) in [4.78, 5) is 30.2. The van der Waals surface area contributed by atoms with Gasteiger partial charge in [0, 0.05) is 43.0 Å². The lowest BCUT2D eigenvalue weighted by Gasteiger charge is -2.36. The third-order valence-corrected chi connectivity index (χ3v) is 4.39. The zero-order chi connectivity index (χ0) is 18.0. The first-order valence-electron chi connectivity index (χ1n) is 7.96. The summed E-state index contributed by atoms with van der Waals surface area (Å²) in [6.07, 6.45) is 1.32. The predicted molar refractivity (Wildman–Crippen MR) is 95.0 cm³/mol. The molecule has 1 aromatic heterocycles. The number of aryl methyl sites for hydroxylation is 1. The summed E-state index contributed by atoms with van der Waals surface area (Å²) in [5.41, 5.74) is 7.44. The van der Waals surface area contributed by atoms with E-state index in [1.807, 2.05) is 12.1 Å². The minimum absolute atomic E-state index is 0.0388. The van der Waals surface area contributed by atoms with Gasteiger partial charge in [0.1, 0.15) is 12.0 Å². The molecule has 2 heterocycles. The molecule has 8 heteroatoms. The van der Waals surface area contributed by atoms with Crippen molar-refractivity contribution >= 4 is 23.1 Å². The first-order valence-corrected chi connectivity index (χ1v) is 7.96. The predicted octanol–water partition coefficient (Wildman–Crippen LogP) is 1.72. The lowest BCUT2D eigenvalue weighted by Crippen LogP contribution is -2.46. The van der Waals surface area contributed by atoms with E-state index in [0.29, 0.717) is 11.1 Å². The van der Waals surface area contributed by atoms with Crippen LogP contribution in [0.1, 0.15) is 15.9 Å². The molecule has 0 aliphatic carbocycles. The van der Waals surface area contributed by atoms with Gasteiger partial charge in [0.25, 0.3) is 5.69 Å². The van der Waals surface area contributed by atoms with Crippen molar-refractivity contribution in [3.8, 4) is 0 Å². The van der Waals surface area contributed by atoms with E-state index in [4.69, 9.17) is 5.73 Å². The van der Waals surface area contributed by atoms with E-state index < -0.39 is 10.8 Å². The molecule has 3 rings (SSSR count). The molecule has 0 spiro atoms. The smallest absolute Gasteiger partial charge is 0.290 e. The van der Waals surface area contributed by atoms with E-state index in [1.165, 1.54) is 6.20 Å². The van der Waals surface area contributed by atoms with Crippen molar-refractivity contribution in [3.05, 3.63) is 57.8 Å². The highest BCUT2D eigenvalue weighted by molar-refractivity contribution is 5.93. The first kappa shape index (κ1) is 16.7. The lowest BCUT2D eigenvalue weighted by molar-refractivity contribution is -0.385. The maximum atomic E-state index is 11.1. The summed E-state index contributed by atoms with van der Waals surface area (Å²) >= 11 is 0. The Kier molecular flexibility index (Phi) is 4.51. The number of hydrogen-bond donors (Lipinski definition) is 1. The third kappa shape index (κ3) is 3.52. The fraction of sp³-hybridized carbons (Fsp3) is 0.294. The number of pyridine rings is 1. The van der Waals surface area contributed by atoms with Crippen LogP contribution in [-0.4, -0.2) is 42.0 Å². The Morgan fingerprint density at radius 1 is 1.16 bits per heavy atom. The van der Waals surface area contributed by atoms with Gasteiger partial charge in [-0.1, -0.05) is 0 Å². The maximum absolute atomic E-state index is 11.1. The number of anilines is 2. The second-order valence-electron chi connectivity index (χ2n) is 5.97. The Bertz CT molecular complexity index is 798. The van der Waals surface area contributed by atoms with Crippen molar-refractivity contribution < 1.29 is 9.72 Å². The summed E-state index contributed by atoms with van der Waals surface area (Å²) in [7, 11) is 0. The SMILES string of the molecule is Cc1cc(N2CCN(c3ccc(C(N)=O)cc3)CC2)ncc1[N+](=O)[O-]. The van der Waals surface area contributed by atoms with Crippen LogP contribution in [0.3, 0.4) is 0 Å². The van der Waals surface area contributed by atoms with Gasteiger partial charge in [-0.2, -0.15) is 0 Å². The Morgan fingerprint density at radius 2 is 1.76 bits per heavy atom. The van der Waals surface area contributed by atoms with Gasteiger partial charge < -0.3 is 15.5 Å². The van der Waals surface area contributed by atoms with Gasteiger partial charge in [0.15, 0.2) is 0 Å². The van der Waals surface area contributed by atoms with Gasteiger partial charge in [-0.15, -0.1) is 0 Å². The van der Waals surface area contributed by atoms with Gasteiger partial charge >= 0.3 is 0 Å². The number of carbonyl (C=O) groups excluding carboxylic acids is 1. The quantitative estimate of drug-likeness (QED) is 0.670. The Morgan fingerprint density at radius 3 is 2.28 bits per heavy atom. The second-order valence-corrected chi connectivity index (χ2v) is 5.97. The Labute approximate surface area is 145 Å². The molecule has 0 unspecified atom stereocenters. The molecule has 1 aliphatic heterocycles. The number of nitrogens with two attached hydrogens (primary N) is 1. The largest absolute Gasteiger partial charge is 0.368 e. The molecule has 1 amide bonds. The van der Waals surface area contributed by atoms with Crippen molar-refractivity contribution in [2.45, 2.75) is 6.92 Å². The van der Waals surface area contributed by atoms with Crippen LogP contribution in [0.5, 0.6) is 0 Å². The molecule has 0 saturated carbocycles. The van der Waals surface area contributed by atoms with Crippen LogP contribution in [0, 0.1) is 17.0 Å². The molecule has 0 atom stereocenters. The molecule has 0 radical (unpaired) electrons. The number of aromatic nitrogens is 1. The minimum atomic E-state index is -0.434. The van der Waals surface area contributed by atoms with E-state index in [1.54, 1.807) is 25.1 Å². The van der Waals surface area contributed by atoms with Gasteiger partial charge in [-0.3, -0.25) is 14.9 Å². The average Bonchev–Trinajstić information content (AvgIpc) is 2.61. The number of rotatable bonds is 4. The number of piperazine rings is 1. The van der Waals surface area contributed by atoms with Gasteiger partial charge in [-0.05, 0) is 37.3 Å².